The lowest BCUT2D eigenvalue weighted by molar-refractivity contribution is 0.247. The van der Waals surface area contributed by atoms with Gasteiger partial charge in [0.05, 0.1) is 0 Å². The Kier molecular flexibility index (Phi) is 3.57. The lowest BCUT2D eigenvalue weighted by Crippen LogP contribution is -2.34. The SMILES string of the molecule is CPC(C(C)(C)C)C(C)(C)C. The van der Waals surface area contributed by atoms with E-state index in [0.717, 1.165) is 14.2 Å². The first kappa shape index (κ1) is 11.4. The molecule has 68 valence electrons. The van der Waals surface area contributed by atoms with Gasteiger partial charge in [0, 0.05) is 0 Å². The van der Waals surface area contributed by atoms with Crippen LogP contribution in [0.2, 0.25) is 0 Å². The van der Waals surface area contributed by atoms with Gasteiger partial charge in [-0.2, -0.15) is 0 Å². The Labute approximate surface area is 73.9 Å². The molecule has 0 saturated heterocycles. The Morgan fingerprint density at radius 1 is 0.818 bits per heavy atom. The molecule has 0 N–H and O–H groups in total. The zero-order valence-electron chi connectivity index (χ0n) is 9.08. The Morgan fingerprint density at radius 3 is 1.09 bits per heavy atom. The lowest BCUT2D eigenvalue weighted by atomic mass is 9.77. The average Bonchev–Trinajstić information content (AvgIpc) is 1.56. The van der Waals surface area contributed by atoms with Crippen molar-refractivity contribution in [2.24, 2.45) is 10.8 Å². The van der Waals surface area contributed by atoms with Gasteiger partial charge in [0.1, 0.15) is 0 Å². The lowest BCUT2D eigenvalue weighted by Gasteiger charge is -2.40. The molecule has 1 heteroatoms. The maximum absolute atomic E-state index is 2.35. The molecule has 0 saturated carbocycles. The minimum absolute atomic E-state index is 0.464. The van der Waals surface area contributed by atoms with E-state index in [-0.39, 0.29) is 0 Å². The molecule has 0 aliphatic rings. The first-order valence-electron chi connectivity index (χ1n) is 4.37. The zero-order chi connectivity index (χ0) is 9.28. The van der Waals surface area contributed by atoms with E-state index in [0.29, 0.717) is 10.8 Å². The first-order chi connectivity index (χ1) is 4.69. The van der Waals surface area contributed by atoms with E-state index in [1.54, 1.807) is 0 Å². The molecule has 0 aromatic carbocycles. The van der Waals surface area contributed by atoms with E-state index in [1.807, 2.05) is 0 Å². The smallest absolute Gasteiger partial charge is 0.0142 e. The minimum atomic E-state index is 0.464. The summed E-state index contributed by atoms with van der Waals surface area (Å²) in [5.74, 6) is 0. The van der Waals surface area contributed by atoms with Crippen LogP contribution >= 0.6 is 8.58 Å². The maximum atomic E-state index is 2.35. The zero-order valence-corrected chi connectivity index (χ0v) is 10.1. The molecule has 0 aromatic rings. The van der Waals surface area contributed by atoms with Crippen LogP contribution in [0.15, 0.2) is 0 Å². The van der Waals surface area contributed by atoms with E-state index in [9.17, 15) is 0 Å². The molecule has 0 spiro atoms. The van der Waals surface area contributed by atoms with Crippen molar-refractivity contribution in [1.82, 2.24) is 0 Å². The fourth-order valence-corrected chi connectivity index (χ4v) is 3.90. The summed E-state index contributed by atoms with van der Waals surface area (Å²) in [6.45, 7) is 16.4. The fourth-order valence-electron chi connectivity index (χ4n) is 2.17. The van der Waals surface area contributed by atoms with Crippen molar-refractivity contribution in [3.05, 3.63) is 0 Å². The molecule has 0 rings (SSSR count). The predicted molar refractivity (Wildman–Crippen MR) is 56.9 cm³/mol. The summed E-state index contributed by atoms with van der Waals surface area (Å²) in [7, 11) is 1.05. The Balaban J connectivity index is 4.43. The molecular weight excluding hydrogens is 151 g/mol. The van der Waals surface area contributed by atoms with E-state index < -0.39 is 0 Å². The van der Waals surface area contributed by atoms with Gasteiger partial charge in [0.2, 0.25) is 0 Å². The van der Waals surface area contributed by atoms with E-state index >= 15 is 0 Å². The molecule has 0 aliphatic carbocycles. The van der Waals surface area contributed by atoms with E-state index in [1.165, 1.54) is 0 Å². The van der Waals surface area contributed by atoms with Gasteiger partial charge in [-0.1, -0.05) is 41.5 Å². The van der Waals surface area contributed by atoms with Crippen molar-refractivity contribution in [3.8, 4) is 0 Å². The molecule has 0 nitrogen and oxygen atoms in total. The van der Waals surface area contributed by atoms with E-state index in [4.69, 9.17) is 0 Å². The summed E-state index contributed by atoms with van der Waals surface area (Å²) in [5.41, 5.74) is 1.77. The third-order valence-electron chi connectivity index (χ3n) is 2.02. The Hall–Kier alpha value is 0.430. The van der Waals surface area contributed by atoms with Crippen LogP contribution in [0.25, 0.3) is 0 Å². The molecule has 0 aliphatic heterocycles. The van der Waals surface area contributed by atoms with Gasteiger partial charge >= 0.3 is 0 Å². The Morgan fingerprint density at radius 2 is 1.09 bits per heavy atom. The second-order valence-electron chi connectivity index (χ2n) is 5.45. The highest BCUT2D eigenvalue weighted by molar-refractivity contribution is 7.38. The van der Waals surface area contributed by atoms with E-state index in [2.05, 4.69) is 48.2 Å². The number of rotatable bonds is 1. The molecule has 0 fully saturated rings. The van der Waals surface area contributed by atoms with Crippen molar-refractivity contribution in [2.75, 3.05) is 6.66 Å². The molecule has 1 unspecified atom stereocenters. The van der Waals surface area contributed by atoms with Crippen molar-refractivity contribution < 1.29 is 0 Å². The van der Waals surface area contributed by atoms with Crippen LogP contribution in [0.5, 0.6) is 0 Å². The Bertz CT molecular complexity index is 99.8. The summed E-state index contributed by atoms with van der Waals surface area (Å²) in [5, 5.41) is 0. The fraction of sp³-hybridized carbons (Fsp3) is 1.00. The monoisotopic (exact) mass is 174 g/mol. The van der Waals surface area contributed by atoms with Gasteiger partial charge < -0.3 is 0 Å². The van der Waals surface area contributed by atoms with Gasteiger partial charge in [0.15, 0.2) is 0 Å². The number of hydrogen-bond donors (Lipinski definition) is 0. The van der Waals surface area contributed by atoms with Crippen LogP contribution < -0.4 is 0 Å². The summed E-state index contributed by atoms with van der Waals surface area (Å²) in [6.07, 6.45) is 0. The molecule has 0 radical (unpaired) electrons. The third kappa shape index (κ3) is 3.56. The van der Waals surface area contributed by atoms with Gasteiger partial charge in [0.25, 0.3) is 0 Å². The van der Waals surface area contributed by atoms with Crippen LogP contribution in [0.3, 0.4) is 0 Å². The average molecular weight is 174 g/mol. The van der Waals surface area contributed by atoms with Gasteiger partial charge in [-0.05, 0) is 23.2 Å². The minimum Gasteiger partial charge on any atom is -0.121 e. The summed E-state index contributed by atoms with van der Waals surface area (Å²) >= 11 is 0. The molecule has 0 heterocycles. The van der Waals surface area contributed by atoms with Crippen LogP contribution in [0.1, 0.15) is 41.5 Å². The predicted octanol–water partition coefficient (Wildman–Crippen LogP) is 3.76. The highest BCUT2D eigenvalue weighted by Gasteiger charge is 2.32. The first-order valence-corrected chi connectivity index (χ1v) is 5.94. The van der Waals surface area contributed by atoms with Crippen LogP contribution in [0, 0.1) is 10.8 Å². The summed E-state index contributed by atoms with van der Waals surface area (Å²) in [4.78, 5) is 0. The highest BCUT2D eigenvalue weighted by atomic mass is 31.1. The van der Waals surface area contributed by atoms with Crippen molar-refractivity contribution in [1.29, 1.82) is 0 Å². The molecule has 0 amide bonds. The summed E-state index contributed by atoms with van der Waals surface area (Å²) in [6, 6.07) is 0. The topological polar surface area (TPSA) is 0 Å². The van der Waals surface area contributed by atoms with Crippen LogP contribution in [0.4, 0.5) is 0 Å². The van der Waals surface area contributed by atoms with Gasteiger partial charge in [-0.15, -0.1) is 8.58 Å². The molecular formula is C10H23P. The number of hydrogen-bond acceptors (Lipinski definition) is 0. The standard InChI is InChI=1S/C10H23P/c1-9(2,3)8(11-7)10(4,5)6/h8,11H,1-7H3. The third-order valence-corrected chi connectivity index (χ3v) is 4.33. The van der Waals surface area contributed by atoms with Crippen LogP contribution in [-0.2, 0) is 0 Å². The quantitative estimate of drug-likeness (QED) is 0.531. The highest BCUT2D eigenvalue weighted by Crippen LogP contribution is 2.43. The summed E-state index contributed by atoms with van der Waals surface area (Å²) < 4.78 is 0. The van der Waals surface area contributed by atoms with Crippen LogP contribution in [-0.4, -0.2) is 12.3 Å². The van der Waals surface area contributed by atoms with Gasteiger partial charge in [-0.3, -0.25) is 0 Å². The normalized spacial score (nSPS) is 15.3. The van der Waals surface area contributed by atoms with Crippen molar-refractivity contribution in [2.45, 2.75) is 47.2 Å². The second-order valence-corrected chi connectivity index (χ2v) is 6.61. The van der Waals surface area contributed by atoms with Crippen molar-refractivity contribution in [3.63, 3.8) is 0 Å². The maximum Gasteiger partial charge on any atom is -0.0142 e. The molecule has 1 atom stereocenters. The molecule has 0 aromatic heterocycles. The van der Waals surface area contributed by atoms with Gasteiger partial charge in [-0.25, -0.2) is 0 Å². The molecule has 0 bridgehead atoms. The largest absolute Gasteiger partial charge is 0.121 e. The van der Waals surface area contributed by atoms with Crippen molar-refractivity contribution >= 4 is 8.58 Å². The molecule has 11 heavy (non-hydrogen) atoms. The second kappa shape index (κ2) is 3.44.